The van der Waals surface area contributed by atoms with Gasteiger partial charge in [0.2, 0.25) is 10.0 Å². The highest BCUT2D eigenvalue weighted by Gasteiger charge is 2.30. The highest BCUT2D eigenvalue weighted by atomic mass is 35.5. The average molecular weight is 612 g/mol. The van der Waals surface area contributed by atoms with E-state index in [1.807, 2.05) is 0 Å². The summed E-state index contributed by atoms with van der Waals surface area (Å²) in [7, 11) is -7.73. The molecule has 37 heavy (non-hydrogen) atoms. The summed E-state index contributed by atoms with van der Waals surface area (Å²) in [6.07, 6.45) is -3.59. The summed E-state index contributed by atoms with van der Waals surface area (Å²) < 4.78 is 97.3. The molecule has 0 spiro atoms. The molecule has 0 fully saturated rings. The Balaban J connectivity index is 1.55. The van der Waals surface area contributed by atoms with E-state index in [1.54, 1.807) is 12.1 Å². The van der Waals surface area contributed by atoms with Gasteiger partial charge < -0.3 is 4.74 Å². The lowest BCUT2D eigenvalue weighted by Gasteiger charge is -2.13. The smallest absolute Gasteiger partial charge is 0.416 e. The number of alkyl halides is 3. The normalized spacial score (nSPS) is 12.5. The van der Waals surface area contributed by atoms with Gasteiger partial charge in [-0.15, -0.1) is 0 Å². The van der Waals surface area contributed by atoms with E-state index in [9.17, 15) is 30.0 Å². The summed E-state index contributed by atoms with van der Waals surface area (Å²) in [5, 5.41) is -0.0130. The average Bonchev–Trinajstić information content (AvgIpc) is 3.16. The minimum atomic E-state index is -4.61. The molecule has 0 bridgehead atoms. The number of hydrogen-bond acceptors (Lipinski definition) is 7. The first-order chi connectivity index (χ1) is 17.1. The van der Waals surface area contributed by atoms with Gasteiger partial charge in [-0.2, -0.15) is 13.2 Å². The Kier molecular flexibility index (Phi) is 7.25. The molecule has 0 atom stereocenters. The van der Waals surface area contributed by atoms with Crippen LogP contribution in [0, 0.1) is 0 Å². The largest absolute Gasteiger partial charge is 0.428 e. The van der Waals surface area contributed by atoms with E-state index in [4.69, 9.17) is 27.9 Å². The van der Waals surface area contributed by atoms with Gasteiger partial charge >= 0.3 is 6.18 Å². The third-order valence-electron chi connectivity index (χ3n) is 4.60. The fourth-order valence-corrected chi connectivity index (χ4v) is 6.03. The highest BCUT2D eigenvalue weighted by Crippen LogP contribution is 2.41. The second kappa shape index (κ2) is 9.83. The lowest BCUT2D eigenvalue weighted by molar-refractivity contribution is -0.137. The van der Waals surface area contributed by atoms with E-state index in [2.05, 4.69) is 14.4 Å². The Labute approximate surface area is 223 Å². The number of rotatable bonds is 7. The van der Waals surface area contributed by atoms with Crippen molar-refractivity contribution < 1.29 is 34.7 Å². The third kappa shape index (κ3) is 6.57. The van der Waals surface area contributed by atoms with E-state index in [0.717, 1.165) is 29.7 Å². The van der Waals surface area contributed by atoms with Crippen molar-refractivity contribution in [1.82, 2.24) is 4.98 Å². The Morgan fingerprint density at radius 2 is 1.51 bits per heavy atom. The quantitative estimate of drug-likeness (QED) is 0.244. The number of ether oxygens (including phenoxy) is 1. The van der Waals surface area contributed by atoms with Gasteiger partial charge in [-0.25, -0.2) is 21.8 Å². The van der Waals surface area contributed by atoms with Gasteiger partial charge in [0.1, 0.15) is 0 Å². The van der Waals surface area contributed by atoms with Crippen molar-refractivity contribution in [3.8, 4) is 10.9 Å². The van der Waals surface area contributed by atoms with Crippen LogP contribution in [0.2, 0.25) is 10.0 Å². The van der Waals surface area contributed by atoms with Crippen LogP contribution in [0.15, 0.2) is 59.5 Å². The van der Waals surface area contributed by atoms with Crippen molar-refractivity contribution >= 4 is 76.2 Å². The predicted octanol–water partition coefficient (Wildman–Crippen LogP) is 6.59. The second-order valence-electron chi connectivity index (χ2n) is 7.54. The van der Waals surface area contributed by atoms with Gasteiger partial charge in [0.25, 0.3) is 15.2 Å². The molecule has 0 amide bonds. The minimum absolute atomic E-state index is 0.0191. The molecule has 8 nitrogen and oxygen atoms in total. The van der Waals surface area contributed by atoms with E-state index < -0.39 is 36.7 Å². The van der Waals surface area contributed by atoms with Crippen LogP contribution >= 0.6 is 34.5 Å². The maximum absolute atomic E-state index is 12.7. The van der Waals surface area contributed by atoms with Gasteiger partial charge in [-0.3, -0.25) is 9.44 Å². The molecule has 16 heteroatoms. The molecule has 0 saturated carbocycles. The monoisotopic (exact) mass is 611 g/mol. The molecule has 0 aliphatic carbocycles. The third-order valence-corrected chi connectivity index (χ3v) is 8.08. The first-order valence-electron chi connectivity index (χ1n) is 9.86. The molecule has 0 aliphatic heterocycles. The summed E-state index contributed by atoms with van der Waals surface area (Å²) in [6, 6.07) is 10.1. The zero-order valence-electron chi connectivity index (χ0n) is 18.3. The lowest BCUT2D eigenvalue weighted by Crippen LogP contribution is -2.13. The number of nitrogens with zero attached hydrogens (tertiary/aromatic N) is 1. The number of sulfonamides is 2. The standard InChI is InChI=1S/C21H14Cl2F3N3O5S3/c1-36(30,31)28-12-4-7-18-17(10-12)27-20(35-18)34-19-15(22)8-13(9-16(19)23)29-37(32,33)14-5-2-11(3-6-14)21(24,25)26/h2-10,28-29H,1H3. The van der Waals surface area contributed by atoms with Crippen LogP contribution in [0.4, 0.5) is 24.5 Å². The highest BCUT2D eigenvalue weighted by molar-refractivity contribution is 7.92. The number of hydrogen-bond donors (Lipinski definition) is 2. The number of nitrogens with one attached hydrogen (secondary N) is 2. The number of aromatic nitrogens is 1. The molecule has 3 aromatic carbocycles. The number of halogens is 5. The molecule has 0 saturated heterocycles. The van der Waals surface area contributed by atoms with E-state index >= 15 is 0 Å². The fraction of sp³-hybridized carbons (Fsp3) is 0.0952. The van der Waals surface area contributed by atoms with Gasteiger partial charge in [-0.05, 0) is 54.6 Å². The topological polar surface area (TPSA) is 114 Å². The molecule has 0 aliphatic rings. The van der Waals surface area contributed by atoms with E-state index in [1.165, 1.54) is 18.2 Å². The Morgan fingerprint density at radius 1 is 0.892 bits per heavy atom. The van der Waals surface area contributed by atoms with Gasteiger partial charge in [0, 0.05) is 0 Å². The lowest BCUT2D eigenvalue weighted by atomic mass is 10.2. The molecule has 0 unspecified atom stereocenters. The summed E-state index contributed by atoms with van der Waals surface area (Å²) in [5.74, 6) is -0.0191. The first kappa shape index (κ1) is 27.3. The van der Waals surface area contributed by atoms with Crippen LogP contribution < -0.4 is 14.2 Å². The number of thiazole rings is 1. The molecule has 1 aromatic heterocycles. The Hall–Kier alpha value is -2.78. The molecule has 0 radical (unpaired) electrons. The number of anilines is 2. The molecule has 1 heterocycles. The summed E-state index contributed by atoms with van der Waals surface area (Å²) in [5.41, 5.74) is -0.283. The predicted molar refractivity (Wildman–Crippen MR) is 137 cm³/mol. The molecule has 2 N–H and O–H groups in total. The van der Waals surface area contributed by atoms with Crippen LogP contribution in [-0.2, 0) is 26.2 Å². The molecular weight excluding hydrogens is 598 g/mol. The Morgan fingerprint density at radius 3 is 2.08 bits per heavy atom. The minimum Gasteiger partial charge on any atom is -0.428 e. The SMILES string of the molecule is CS(=O)(=O)Nc1ccc2sc(Oc3c(Cl)cc(NS(=O)(=O)c4ccc(C(F)(F)F)cc4)cc3Cl)nc2c1. The second-order valence-corrected chi connectivity index (χ2v) is 12.8. The van der Waals surface area contributed by atoms with Crippen LogP contribution in [0.3, 0.4) is 0 Å². The summed E-state index contributed by atoms with van der Waals surface area (Å²) >= 11 is 13.6. The van der Waals surface area contributed by atoms with Crippen LogP contribution in [0.5, 0.6) is 10.9 Å². The van der Waals surface area contributed by atoms with Crippen molar-refractivity contribution in [3.63, 3.8) is 0 Å². The van der Waals surface area contributed by atoms with Gasteiger partial charge in [0.15, 0.2) is 5.75 Å². The number of benzene rings is 3. The summed E-state index contributed by atoms with van der Waals surface area (Å²) in [4.78, 5) is 3.88. The van der Waals surface area contributed by atoms with Crippen LogP contribution in [0.25, 0.3) is 10.2 Å². The van der Waals surface area contributed by atoms with Gasteiger partial charge in [-0.1, -0.05) is 34.5 Å². The fourth-order valence-electron chi connectivity index (χ4n) is 3.07. The van der Waals surface area contributed by atoms with Crippen molar-refractivity contribution in [3.05, 3.63) is 70.2 Å². The molecular formula is C21H14Cl2F3N3O5S3. The zero-order chi connectivity index (χ0) is 27.2. The first-order valence-corrected chi connectivity index (χ1v) is 14.8. The van der Waals surface area contributed by atoms with Crippen molar-refractivity contribution in [2.45, 2.75) is 11.1 Å². The maximum atomic E-state index is 12.7. The summed E-state index contributed by atoms with van der Waals surface area (Å²) in [6.45, 7) is 0. The molecule has 4 rings (SSSR count). The molecule has 196 valence electrons. The maximum Gasteiger partial charge on any atom is 0.416 e. The molecule has 4 aromatic rings. The van der Waals surface area contributed by atoms with Crippen molar-refractivity contribution in [2.75, 3.05) is 15.7 Å². The van der Waals surface area contributed by atoms with Crippen LogP contribution in [0.1, 0.15) is 5.56 Å². The van der Waals surface area contributed by atoms with E-state index in [-0.39, 0.29) is 26.7 Å². The number of fused-ring (bicyclic) bond motifs is 1. The zero-order valence-corrected chi connectivity index (χ0v) is 22.3. The van der Waals surface area contributed by atoms with Crippen LogP contribution in [-0.4, -0.2) is 28.1 Å². The van der Waals surface area contributed by atoms with Crippen molar-refractivity contribution in [1.29, 1.82) is 0 Å². The Bertz CT molecular complexity index is 1690. The van der Waals surface area contributed by atoms with Gasteiger partial charge in [0.05, 0.1) is 48.4 Å². The van der Waals surface area contributed by atoms with Crippen molar-refractivity contribution in [2.24, 2.45) is 0 Å². The van der Waals surface area contributed by atoms with E-state index in [0.29, 0.717) is 28.0 Å².